The number of aliphatic hydroxyl groups excluding tert-OH is 1. The minimum Gasteiger partial charge on any atom is -0.489 e. The van der Waals surface area contributed by atoms with Crippen LogP contribution in [0.4, 0.5) is 27.6 Å². The second-order valence-electron chi connectivity index (χ2n) is 10.1. The third-order valence-electron chi connectivity index (χ3n) is 7.25. The first-order valence-electron chi connectivity index (χ1n) is 13.7. The Bertz CT molecular complexity index is 1500. The highest BCUT2D eigenvalue weighted by atomic mass is 32.2. The van der Waals surface area contributed by atoms with Crippen molar-refractivity contribution < 1.29 is 49.7 Å². The Morgan fingerprint density at radius 2 is 1.66 bits per heavy atom. The Kier molecular flexibility index (Phi) is 10.5. The normalized spacial score (nSPS) is 18.0. The van der Waals surface area contributed by atoms with Gasteiger partial charge in [-0.25, -0.2) is 8.42 Å². The number of amides is 1. The van der Waals surface area contributed by atoms with Gasteiger partial charge in [0.05, 0.1) is 48.1 Å². The molecular weight excluding hydrogens is 611 g/mol. The number of hydrogen-bond acceptors (Lipinski definition) is 7. The van der Waals surface area contributed by atoms with E-state index in [9.17, 15) is 40.3 Å². The van der Waals surface area contributed by atoms with Crippen LogP contribution in [0.25, 0.3) is 0 Å². The van der Waals surface area contributed by atoms with E-state index in [0.717, 1.165) is 12.1 Å². The molecule has 3 aromatic carbocycles. The Morgan fingerprint density at radius 3 is 2.20 bits per heavy atom. The predicted molar refractivity (Wildman–Crippen MR) is 151 cm³/mol. The smallest absolute Gasteiger partial charge is 0.416 e. The van der Waals surface area contributed by atoms with E-state index in [1.54, 1.807) is 17.0 Å². The van der Waals surface area contributed by atoms with Gasteiger partial charge in [0.25, 0.3) is 5.91 Å². The molecule has 0 radical (unpaired) electrons. The van der Waals surface area contributed by atoms with Crippen LogP contribution >= 0.6 is 0 Å². The van der Waals surface area contributed by atoms with E-state index in [2.05, 4.69) is 10.1 Å². The third kappa shape index (κ3) is 8.24. The molecule has 1 unspecified atom stereocenters. The van der Waals surface area contributed by atoms with Gasteiger partial charge >= 0.3 is 12.8 Å². The van der Waals surface area contributed by atoms with Gasteiger partial charge in [0.2, 0.25) is 0 Å². The van der Waals surface area contributed by atoms with Crippen molar-refractivity contribution in [1.29, 1.82) is 0 Å². The van der Waals surface area contributed by atoms with Crippen LogP contribution in [0, 0.1) is 0 Å². The fraction of sp³-hybridized carbons (Fsp3) is 0.367. The minimum atomic E-state index is -4.49. The van der Waals surface area contributed by atoms with Crippen LogP contribution in [0.2, 0.25) is 0 Å². The second kappa shape index (κ2) is 13.9. The summed E-state index contributed by atoms with van der Waals surface area (Å²) in [6.07, 6.45) is -4.77. The Morgan fingerprint density at radius 1 is 1.02 bits per heavy atom. The number of benzene rings is 3. The maximum atomic E-state index is 12.9. The number of carbonyl (C=O) groups is 1. The molecular formula is C30H31F5N2O6S. The number of rotatable bonds is 12. The van der Waals surface area contributed by atoms with Crippen molar-refractivity contribution in [2.45, 2.75) is 49.2 Å². The van der Waals surface area contributed by atoms with E-state index >= 15 is 0 Å². The zero-order valence-corrected chi connectivity index (χ0v) is 24.3. The monoisotopic (exact) mass is 642 g/mol. The van der Waals surface area contributed by atoms with Gasteiger partial charge in [-0.15, -0.1) is 0 Å². The zero-order chi connectivity index (χ0) is 32.1. The number of nitrogens with zero attached hydrogens (tertiary/aromatic N) is 1. The van der Waals surface area contributed by atoms with Gasteiger partial charge in [-0.1, -0.05) is 19.1 Å². The lowest BCUT2D eigenvalue weighted by Crippen LogP contribution is -2.34. The zero-order valence-electron chi connectivity index (χ0n) is 23.5. The summed E-state index contributed by atoms with van der Waals surface area (Å²) >= 11 is 0. The van der Waals surface area contributed by atoms with Crippen molar-refractivity contribution in [3.05, 3.63) is 89.5 Å². The highest BCUT2D eigenvalue weighted by molar-refractivity contribution is 7.91. The average Bonchev–Trinajstić information content (AvgIpc) is 3.41. The molecule has 4 rings (SSSR count). The first-order valence-corrected chi connectivity index (χ1v) is 15.3. The molecule has 238 valence electrons. The fourth-order valence-electron chi connectivity index (χ4n) is 4.89. The van der Waals surface area contributed by atoms with Crippen LogP contribution in [-0.4, -0.2) is 63.7 Å². The van der Waals surface area contributed by atoms with Gasteiger partial charge in [0.1, 0.15) is 11.9 Å². The van der Waals surface area contributed by atoms with Crippen molar-refractivity contribution in [3.63, 3.8) is 0 Å². The summed E-state index contributed by atoms with van der Waals surface area (Å²) in [5, 5.41) is 12.6. The molecule has 0 saturated carbocycles. The Labute approximate surface area is 251 Å². The summed E-state index contributed by atoms with van der Waals surface area (Å²) in [5.74, 6) is -0.374. The van der Waals surface area contributed by atoms with Crippen molar-refractivity contribution in [3.8, 4) is 5.75 Å². The number of aliphatic hydroxyl groups is 1. The molecule has 1 aliphatic rings. The molecule has 0 aromatic heterocycles. The largest absolute Gasteiger partial charge is 0.489 e. The summed E-state index contributed by atoms with van der Waals surface area (Å²) in [7, 11) is -3.41. The summed E-state index contributed by atoms with van der Waals surface area (Å²) in [4.78, 5) is 14.8. The lowest BCUT2D eigenvalue weighted by Gasteiger charge is -2.26. The van der Waals surface area contributed by atoms with Crippen molar-refractivity contribution in [1.82, 2.24) is 5.32 Å². The number of carbonyl (C=O) groups excluding carboxylic acids is 1. The van der Waals surface area contributed by atoms with E-state index in [1.165, 1.54) is 55.5 Å². The summed E-state index contributed by atoms with van der Waals surface area (Å²) in [5.41, 5.74) is 0.505. The van der Waals surface area contributed by atoms with Crippen molar-refractivity contribution in [2.75, 3.05) is 30.4 Å². The van der Waals surface area contributed by atoms with Crippen molar-refractivity contribution in [2.24, 2.45) is 0 Å². The van der Waals surface area contributed by atoms with Crippen LogP contribution in [0.15, 0.2) is 77.7 Å². The van der Waals surface area contributed by atoms with Crippen LogP contribution in [-0.2, 0) is 20.8 Å². The van der Waals surface area contributed by atoms with Gasteiger partial charge < -0.3 is 24.8 Å². The summed E-state index contributed by atoms with van der Waals surface area (Å²) in [6, 6.07) is 15.0. The van der Waals surface area contributed by atoms with Gasteiger partial charge in [-0.2, -0.15) is 22.0 Å². The van der Waals surface area contributed by atoms with E-state index in [-0.39, 0.29) is 41.5 Å². The number of sulfone groups is 1. The molecule has 2 N–H and O–H groups in total. The van der Waals surface area contributed by atoms with Crippen molar-refractivity contribution >= 4 is 21.4 Å². The van der Waals surface area contributed by atoms with Crippen LogP contribution in [0.5, 0.6) is 5.75 Å². The second-order valence-corrected chi connectivity index (χ2v) is 12.4. The molecule has 14 heteroatoms. The quantitative estimate of drug-likeness (QED) is 0.261. The number of alkyl halides is 5. The molecule has 0 bridgehead atoms. The highest BCUT2D eigenvalue weighted by Crippen LogP contribution is 2.33. The number of hydrogen-bond donors (Lipinski definition) is 2. The van der Waals surface area contributed by atoms with E-state index in [4.69, 9.17) is 4.74 Å². The molecule has 1 saturated heterocycles. The summed E-state index contributed by atoms with van der Waals surface area (Å²) in [6.45, 7) is -2.01. The molecule has 3 aromatic rings. The molecule has 3 atom stereocenters. The first kappa shape index (κ1) is 33.1. The van der Waals surface area contributed by atoms with E-state index in [0.29, 0.717) is 11.3 Å². The standard InChI is InChI=1S/C30H31F5N2O6S/c1-2-44(40,41)26-13-5-19(6-14-26)27(17-38)36-28(39)20-3-9-22(10-4-20)37-16-25(15-23(37)18-42-29(31)32)43-24-11-7-21(8-12-24)30(33,34)35/h3-14,23,25,27,29,38H,2,15-18H2,1H3,(H,36,39)/t23-,25?,27+/m1/s1. The van der Waals surface area contributed by atoms with Crippen LogP contribution < -0.4 is 15.0 Å². The number of nitrogens with one attached hydrogen (secondary N) is 1. The predicted octanol–water partition coefficient (Wildman–Crippen LogP) is 5.23. The average molecular weight is 643 g/mol. The number of ether oxygens (including phenoxy) is 2. The van der Waals surface area contributed by atoms with Crippen LogP contribution in [0.3, 0.4) is 0 Å². The SMILES string of the molecule is CCS(=O)(=O)c1ccc([C@H](CO)NC(=O)c2ccc(N3CC(Oc4ccc(C(F)(F)F)cc4)C[C@@H]3COC(F)F)cc2)cc1. The maximum Gasteiger partial charge on any atom is 0.416 e. The molecule has 0 aliphatic carbocycles. The molecule has 0 spiro atoms. The highest BCUT2D eigenvalue weighted by Gasteiger charge is 2.35. The Balaban J connectivity index is 1.44. The van der Waals surface area contributed by atoms with E-state index in [1.807, 2.05) is 0 Å². The summed E-state index contributed by atoms with van der Waals surface area (Å²) < 4.78 is 98.8. The molecule has 1 aliphatic heterocycles. The Hall–Kier alpha value is -3.75. The topological polar surface area (TPSA) is 105 Å². The van der Waals surface area contributed by atoms with Crippen LogP contribution in [0.1, 0.15) is 40.9 Å². The first-order chi connectivity index (χ1) is 20.8. The molecule has 44 heavy (non-hydrogen) atoms. The lowest BCUT2D eigenvalue weighted by molar-refractivity contribution is -0.137. The molecule has 1 fully saturated rings. The maximum absolute atomic E-state index is 12.9. The van der Waals surface area contributed by atoms with Gasteiger partial charge in [0, 0.05) is 17.7 Å². The van der Waals surface area contributed by atoms with E-state index < -0.39 is 58.9 Å². The number of halogens is 5. The molecule has 1 heterocycles. The number of anilines is 1. The minimum absolute atomic E-state index is 0.0627. The van der Waals surface area contributed by atoms with Gasteiger partial charge in [-0.05, 0) is 66.2 Å². The van der Waals surface area contributed by atoms with Gasteiger partial charge in [0.15, 0.2) is 9.84 Å². The van der Waals surface area contributed by atoms with Gasteiger partial charge in [-0.3, -0.25) is 4.79 Å². The lowest BCUT2D eigenvalue weighted by atomic mass is 10.1. The third-order valence-corrected chi connectivity index (χ3v) is 9.00. The molecule has 8 nitrogen and oxygen atoms in total. The fourth-order valence-corrected chi connectivity index (χ4v) is 5.77. The molecule has 1 amide bonds.